The van der Waals surface area contributed by atoms with Crippen LogP contribution in [-0.2, 0) is 60.8 Å². The molecule has 0 radical (unpaired) electrons. The van der Waals surface area contributed by atoms with Gasteiger partial charge in [-0.3, -0.25) is 38.4 Å². The number of aliphatic carboxylic acids is 1. The SMILES string of the molecule is CCCCCC(NC(=O)C(Cc1ccc(O)c(O)c1)NC(=O)C(NC(=O)C1CC(O)CN1C(=O)C1C(O)CC[N+]1(C)C(=O)C(Cc1ccc(O)cc1)NC(=O)C(CO)NC(=O)C1CCCN1C(=O)C(CCCCC)NC(=O)C(C)NC)C(C)O)C(=O)O. The van der Waals surface area contributed by atoms with Gasteiger partial charge in [0, 0.05) is 38.8 Å². The number of β-amino-alcohol motifs (C(OH)–C–C–N with tert-alkyl or cyclic N) is 1. The second-order valence-electron chi connectivity index (χ2n) is 23.2. The zero-order valence-electron chi connectivity index (χ0n) is 50.3. The summed E-state index contributed by atoms with van der Waals surface area (Å²) in [5.74, 6) is -10.3. The molecule has 3 aliphatic heterocycles. The maximum atomic E-state index is 15.2. The molecule has 3 heterocycles. The van der Waals surface area contributed by atoms with Crippen LogP contribution in [0.3, 0.4) is 0 Å². The Labute approximate surface area is 505 Å². The molecule has 14 atom stereocenters. The van der Waals surface area contributed by atoms with Gasteiger partial charge in [-0.2, -0.15) is 0 Å². The highest BCUT2D eigenvalue weighted by molar-refractivity contribution is 5.98. The van der Waals surface area contributed by atoms with Gasteiger partial charge < -0.3 is 87.9 Å². The van der Waals surface area contributed by atoms with Crippen molar-refractivity contribution < 1.29 is 93.3 Å². The van der Waals surface area contributed by atoms with Crippen LogP contribution in [0.1, 0.15) is 116 Å². The van der Waals surface area contributed by atoms with E-state index in [2.05, 4.69) is 37.2 Å². The first-order valence-electron chi connectivity index (χ1n) is 29.9. The Kier molecular flexibility index (Phi) is 26.2. The highest BCUT2D eigenvalue weighted by Gasteiger charge is 2.59. The molecular weight excluding hydrogens is 1140 g/mol. The minimum atomic E-state index is -1.87. The number of carbonyl (C=O) groups excluding carboxylic acids is 9. The van der Waals surface area contributed by atoms with E-state index in [-0.39, 0.29) is 56.5 Å². The molecule has 5 rings (SSSR count). The molecule has 0 spiro atoms. The molecule has 28 nitrogen and oxygen atoms in total. The second-order valence-corrected chi connectivity index (χ2v) is 23.2. The lowest BCUT2D eigenvalue weighted by atomic mass is 10.0. The predicted octanol–water partition coefficient (Wildman–Crippen LogP) is -2.22. The highest BCUT2D eigenvalue weighted by atomic mass is 16.4. The zero-order valence-corrected chi connectivity index (χ0v) is 50.3. The van der Waals surface area contributed by atoms with Gasteiger partial charge in [0.05, 0.1) is 38.4 Å². The molecule has 0 aliphatic carbocycles. The maximum absolute atomic E-state index is 15.2. The van der Waals surface area contributed by atoms with Gasteiger partial charge in [0.25, 0.3) is 5.91 Å². The Balaban J connectivity index is 1.37. The Morgan fingerprint density at radius 2 is 1.23 bits per heavy atom. The Bertz CT molecular complexity index is 2750. The lowest BCUT2D eigenvalue weighted by Crippen LogP contribution is -2.68. The fourth-order valence-electron chi connectivity index (χ4n) is 11.3. The number of aromatic hydroxyl groups is 3. The number of aliphatic hydroxyl groups excluding tert-OH is 4. The van der Waals surface area contributed by atoms with Gasteiger partial charge in [-0.1, -0.05) is 70.6 Å². The number of likely N-dealkylation sites (tertiary alicyclic amines) is 3. The molecule has 0 saturated carbocycles. The Morgan fingerprint density at radius 3 is 1.83 bits per heavy atom. The minimum absolute atomic E-state index is 0.0475. The van der Waals surface area contributed by atoms with E-state index < -0.39 is 173 Å². The summed E-state index contributed by atoms with van der Waals surface area (Å²) >= 11 is 0. The number of nitrogens with one attached hydrogen (secondary N) is 7. The molecule has 87 heavy (non-hydrogen) atoms. The highest BCUT2D eigenvalue weighted by Crippen LogP contribution is 2.33. The van der Waals surface area contributed by atoms with Gasteiger partial charge in [0.1, 0.15) is 60.2 Å². The fourth-order valence-corrected chi connectivity index (χ4v) is 11.3. The average Bonchev–Trinajstić information content (AvgIpc) is 1.83. The van der Waals surface area contributed by atoms with E-state index in [4.69, 9.17) is 0 Å². The number of hydrogen-bond donors (Lipinski definition) is 15. The van der Waals surface area contributed by atoms with Crippen LogP contribution in [0.15, 0.2) is 42.5 Å². The van der Waals surface area contributed by atoms with E-state index in [0.29, 0.717) is 37.7 Å². The van der Waals surface area contributed by atoms with Crippen molar-refractivity contribution in [3.63, 3.8) is 0 Å². The van der Waals surface area contributed by atoms with Gasteiger partial charge in [-0.25, -0.2) is 14.1 Å². The second kappa shape index (κ2) is 32.5. The van der Waals surface area contributed by atoms with Crippen LogP contribution >= 0.6 is 0 Å². The number of nitrogens with zero attached hydrogens (tertiary/aromatic N) is 3. The molecule has 28 heteroatoms. The fraction of sp³-hybridized carbons (Fsp3) is 0.627. The number of quaternary nitrogens is 1. The van der Waals surface area contributed by atoms with Crippen molar-refractivity contribution in [2.75, 3.05) is 40.3 Å². The minimum Gasteiger partial charge on any atom is -0.508 e. The van der Waals surface area contributed by atoms with Crippen molar-refractivity contribution >= 4 is 59.1 Å². The summed E-state index contributed by atoms with van der Waals surface area (Å²) in [5, 5.41) is 102. The Hall–Kier alpha value is -7.50. The van der Waals surface area contributed by atoms with Crippen LogP contribution in [0.2, 0.25) is 0 Å². The number of carboxylic acids is 1. The van der Waals surface area contributed by atoms with Crippen molar-refractivity contribution in [3.8, 4) is 17.2 Å². The normalized spacial score (nSPS) is 22.8. The summed E-state index contributed by atoms with van der Waals surface area (Å²) < 4.78 is -0.898. The third-order valence-corrected chi connectivity index (χ3v) is 16.6. The van der Waals surface area contributed by atoms with E-state index in [9.17, 15) is 84.0 Å². The first kappa shape index (κ1) is 70.3. The van der Waals surface area contributed by atoms with Crippen molar-refractivity contribution in [2.24, 2.45) is 0 Å². The number of amides is 9. The Morgan fingerprint density at radius 1 is 0.655 bits per heavy atom. The molecule has 482 valence electrons. The van der Waals surface area contributed by atoms with Crippen LogP contribution in [0.5, 0.6) is 17.2 Å². The first-order chi connectivity index (χ1) is 41.2. The molecule has 0 aromatic heterocycles. The van der Waals surface area contributed by atoms with E-state index in [1.807, 2.05) is 13.8 Å². The van der Waals surface area contributed by atoms with Gasteiger partial charge in [-0.05, 0) is 82.0 Å². The van der Waals surface area contributed by atoms with Gasteiger partial charge in [-0.15, -0.1) is 0 Å². The van der Waals surface area contributed by atoms with E-state index in [0.717, 1.165) is 43.2 Å². The third kappa shape index (κ3) is 18.5. The number of phenols is 3. The van der Waals surface area contributed by atoms with Crippen LogP contribution in [-0.4, -0.2) is 233 Å². The summed E-state index contributed by atoms with van der Waals surface area (Å²) in [4.78, 5) is 142. The lowest BCUT2D eigenvalue weighted by Gasteiger charge is -2.38. The molecule has 3 aliphatic rings. The average molecular weight is 1230 g/mol. The summed E-state index contributed by atoms with van der Waals surface area (Å²) in [6.45, 7) is 5.13. The monoisotopic (exact) mass is 1230 g/mol. The summed E-state index contributed by atoms with van der Waals surface area (Å²) in [6, 6.07) is -4.92. The van der Waals surface area contributed by atoms with Crippen molar-refractivity contribution in [2.45, 2.75) is 196 Å². The molecule has 9 amide bonds. The van der Waals surface area contributed by atoms with Crippen LogP contribution < -0.4 is 37.2 Å². The molecule has 2 aromatic rings. The summed E-state index contributed by atoms with van der Waals surface area (Å²) in [7, 11) is 2.93. The number of phenolic OH excluding ortho intramolecular Hbond substituents is 3. The molecule has 2 aromatic carbocycles. The predicted molar refractivity (Wildman–Crippen MR) is 311 cm³/mol. The number of carboxylic acid groups (broad SMARTS) is 1. The molecule has 0 bridgehead atoms. The van der Waals surface area contributed by atoms with E-state index in [1.165, 1.54) is 42.3 Å². The van der Waals surface area contributed by atoms with E-state index >= 15 is 4.79 Å². The number of benzene rings is 2. The van der Waals surface area contributed by atoms with Gasteiger partial charge in [0.15, 0.2) is 11.5 Å². The topological polar surface area (TPSA) is 423 Å². The number of rotatable bonds is 31. The number of aliphatic hydroxyl groups is 4. The zero-order chi connectivity index (χ0) is 64.4. The smallest absolute Gasteiger partial charge is 0.336 e. The maximum Gasteiger partial charge on any atom is 0.336 e. The largest absolute Gasteiger partial charge is 0.508 e. The number of likely N-dealkylation sites (N-methyl/N-ethyl adjacent to an activating group) is 2. The standard InChI is InChI=1S/C59H88N10O18/c1-7-9-11-14-38(61-50(77)32(3)60-5)56(83)67-24-13-16-43(67)53(80)65-42(31-70)52(79)64-41(26-34-17-20-36(72)21-18-34)58(85)69(6)25-23-46(75)49(69)57(84)68-30-37(73)29-44(68)54(81)66-48(33(4)71)55(82)63-40(27-35-19-22-45(74)47(76)28-35)51(78)62-39(59(86)87)15-12-10-8-2/h17-22,28,32-33,37-44,46,48-49,60,70-71,73,75H,7-16,23-27,29-31H2,1-6H3,(H9-,61,62,63,64,65,66,72,74,76,77,78,79,80,81,82,86,87)/p+1. The quantitative estimate of drug-likeness (QED) is 0.0216. The molecule has 14 unspecified atom stereocenters. The molecular formula is C59H89N10O18+. The number of carbonyl (C=O) groups is 10. The molecule has 15 N–H and O–H groups in total. The van der Waals surface area contributed by atoms with Crippen LogP contribution in [0, 0.1) is 0 Å². The number of unbranched alkanes of at least 4 members (excludes halogenated alkanes) is 4. The summed E-state index contributed by atoms with van der Waals surface area (Å²) in [6.07, 6.45) is -0.832. The molecule has 3 saturated heterocycles. The van der Waals surface area contributed by atoms with Crippen molar-refractivity contribution in [1.82, 2.24) is 47.0 Å². The molecule has 3 fully saturated rings. The van der Waals surface area contributed by atoms with Gasteiger partial charge in [0.2, 0.25) is 47.4 Å². The van der Waals surface area contributed by atoms with Crippen LogP contribution in [0.4, 0.5) is 0 Å². The van der Waals surface area contributed by atoms with Gasteiger partial charge >= 0.3 is 11.9 Å². The first-order valence-corrected chi connectivity index (χ1v) is 29.9. The van der Waals surface area contributed by atoms with E-state index in [1.54, 1.807) is 14.0 Å². The third-order valence-electron chi connectivity index (χ3n) is 16.6. The van der Waals surface area contributed by atoms with Crippen molar-refractivity contribution in [1.29, 1.82) is 0 Å². The van der Waals surface area contributed by atoms with Crippen LogP contribution in [0.25, 0.3) is 0 Å². The summed E-state index contributed by atoms with van der Waals surface area (Å²) in [5.41, 5.74) is 0.596. The van der Waals surface area contributed by atoms with Crippen molar-refractivity contribution in [3.05, 3.63) is 53.6 Å². The number of hydrogen-bond acceptors (Lipinski definition) is 18. The lowest BCUT2D eigenvalue weighted by molar-refractivity contribution is -0.840.